The van der Waals surface area contributed by atoms with E-state index in [1.54, 1.807) is 13.0 Å². The fraction of sp³-hybridized carbons (Fsp3) is 0.300. The molecule has 1 aromatic rings. The lowest BCUT2D eigenvalue weighted by Crippen LogP contribution is -2.31. The van der Waals surface area contributed by atoms with Gasteiger partial charge in [-0.1, -0.05) is 18.5 Å². The van der Waals surface area contributed by atoms with Crippen LogP contribution in [-0.4, -0.2) is 30.7 Å². The van der Waals surface area contributed by atoms with E-state index in [0.717, 1.165) is 16.4 Å². The molecule has 0 aromatic heterocycles. The van der Waals surface area contributed by atoms with Crippen LogP contribution in [0.1, 0.15) is 6.92 Å². The minimum Gasteiger partial charge on any atom is -0.258 e. The lowest BCUT2D eigenvalue weighted by molar-refractivity contribution is -0.384. The summed E-state index contributed by atoms with van der Waals surface area (Å²) in [6.45, 7) is 1.33. The van der Waals surface area contributed by atoms with E-state index in [9.17, 15) is 18.5 Å². The van der Waals surface area contributed by atoms with Crippen LogP contribution in [-0.2, 0) is 10.0 Å². The first kappa shape index (κ1) is 15.4. The molecule has 0 unspecified atom stereocenters. The summed E-state index contributed by atoms with van der Waals surface area (Å²) in [6, 6.07) is 4.93. The van der Waals surface area contributed by atoms with Crippen LogP contribution in [0.25, 0.3) is 0 Å². The van der Waals surface area contributed by atoms with Gasteiger partial charge < -0.3 is 0 Å². The Bertz CT molecular complexity index is 639. The minimum absolute atomic E-state index is 0.0896. The molecule has 1 rings (SSSR count). The van der Waals surface area contributed by atoms with Gasteiger partial charge in [0.2, 0.25) is 10.0 Å². The molecule has 0 amide bonds. The van der Waals surface area contributed by atoms with Gasteiger partial charge in [0.15, 0.2) is 0 Å². The average molecular weight is 304 g/mol. The Balaban J connectivity index is 3.34. The predicted molar refractivity (Wildman–Crippen MR) is 68.2 cm³/mol. The number of benzene rings is 1. The third-order valence-corrected chi connectivity index (χ3v) is 4.59. The second-order valence-electron chi connectivity index (χ2n) is 3.46. The third-order valence-electron chi connectivity index (χ3n) is 2.35. The Morgan fingerprint density at radius 1 is 1.53 bits per heavy atom. The van der Waals surface area contributed by atoms with Gasteiger partial charge in [-0.05, 0) is 12.1 Å². The fourth-order valence-corrected chi connectivity index (χ4v) is 2.94. The van der Waals surface area contributed by atoms with Gasteiger partial charge in [-0.3, -0.25) is 10.1 Å². The first-order chi connectivity index (χ1) is 8.84. The summed E-state index contributed by atoms with van der Waals surface area (Å²) in [4.78, 5) is 9.70. The van der Waals surface area contributed by atoms with E-state index in [1.807, 2.05) is 0 Å². The first-order valence-corrected chi connectivity index (χ1v) is 6.97. The zero-order valence-electron chi connectivity index (χ0n) is 9.91. The zero-order valence-corrected chi connectivity index (χ0v) is 11.5. The zero-order chi connectivity index (χ0) is 14.6. The largest absolute Gasteiger partial charge is 0.289 e. The topological polar surface area (TPSA) is 104 Å². The molecule has 0 saturated heterocycles. The van der Waals surface area contributed by atoms with E-state index in [2.05, 4.69) is 0 Å². The number of hydrogen-bond donors (Lipinski definition) is 0. The van der Waals surface area contributed by atoms with Crippen LogP contribution in [0.3, 0.4) is 0 Å². The predicted octanol–water partition coefficient (Wildman–Crippen LogP) is 1.78. The molecule has 7 nitrogen and oxygen atoms in total. The van der Waals surface area contributed by atoms with Crippen LogP contribution in [0.15, 0.2) is 23.1 Å². The van der Waals surface area contributed by atoms with Gasteiger partial charge in [0.1, 0.15) is 11.6 Å². The molecule has 0 heterocycles. The van der Waals surface area contributed by atoms with Gasteiger partial charge in [0.25, 0.3) is 5.69 Å². The van der Waals surface area contributed by atoms with Gasteiger partial charge >= 0.3 is 0 Å². The highest BCUT2D eigenvalue weighted by Gasteiger charge is 2.25. The van der Waals surface area contributed by atoms with Crippen LogP contribution in [0.5, 0.6) is 0 Å². The molecule has 9 heteroatoms. The second kappa shape index (κ2) is 5.97. The molecule has 0 aliphatic heterocycles. The van der Waals surface area contributed by atoms with E-state index in [4.69, 9.17) is 16.9 Å². The standard InChI is InChI=1S/C10H10ClN3O4S/c1-2-13(6-5-12)19(17,18)8-3-4-9(11)10(7-8)14(15)16/h3-4,7H,2,6H2,1H3. The summed E-state index contributed by atoms with van der Waals surface area (Å²) in [5, 5.41) is 19.2. The number of sulfonamides is 1. The molecule has 0 N–H and O–H groups in total. The Kier molecular flexibility index (Phi) is 4.83. The van der Waals surface area contributed by atoms with Crippen molar-refractivity contribution in [2.24, 2.45) is 0 Å². The molecule has 0 aliphatic carbocycles. The highest BCUT2D eigenvalue weighted by atomic mass is 35.5. The molecule has 19 heavy (non-hydrogen) atoms. The van der Waals surface area contributed by atoms with E-state index < -0.39 is 20.6 Å². The molecule has 0 spiro atoms. The molecule has 0 radical (unpaired) electrons. The summed E-state index contributed by atoms with van der Waals surface area (Å²) in [5.41, 5.74) is -0.490. The van der Waals surface area contributed by atoms with Crippen molar-refractivity contribution in [1.29, 1.82) is 5.26 Å². The highest BCUT2D eigenvalue weighted by Crippen LogP contribution is 2.28. The summed E-state index contributed by atoms with van der Waals surface area (Å²) in [6.07, 6.45) is 0. The molecular formula is C10H10ClN3O4S. The van der Waals surface area contributed by atoms with Crippen LogP contribution < -0.4 is 0 Å². The molecule has 0 saturated carbocycles. The fourth-order valence-electron chi connectivity index (χ4n) is 1.39. The van der Waals surface area contributed by atoms with Gasteiger partial charge in [-0.25, -0.2) is 8.42 Å². The van der Waals surface area contributed by atoms with Crippen molar-refractivity contribution in [2.75, 3.05) is 13.1 Å². The number of rotatable bonds is 5. The number of nitro benzene ring substituents is 1. The van der Waals surface area contributed by atoms with Crippen LogP contribution >= 0.6 is 11.6 Å². The van der Waals surface area contributed by atoms with Gasteiger partial charge in [-0.2, -0.15) is 9.57 Å². The maximum absolute atomic E-state index is 12.1. The van der Waals surface area contributed by atoms with Crippen molar-refractivity contribution in [3.05, 3.63) is 33.3 Å². The van der Waals surface area contributed by atoms with Gasteiger partial charge in [0, 0.05) is 12.6 Å². The van der Waals surface area contributed by atoms with Crippen LogP contribution in [0.4, 0.5) is 5.69 Å². The highest BCUT2D eigenvalue weighted by molar-refractivity contribution is 7.89. The van der Waals surface area contributed by atoms with Crippen molar-refractivity contribution in [3.63, 3.8) is 0 Å². The smallest absolute Gasteiger partial charge is 0.258 e. The SMILES string of the molecule is CCN(CC#N)S(=O)(=O)c1ccc(Cl)c([N+](=O)[O-])c1. The molecule has 0 atom stereocenters. The van der Waals surface area contributed by atoms with Crippen LogP contribution in [0.2, 0.25) is 5.02 Å². The summed E-state index contributed by atoms with van der Waals surface area (Å²) in [7, 11) is -3.94. The molecule has 1 aromatic carbocycles. The van der Waals surface area contributed by atoms with E-state index in [-0.39, 0.29) is 23.0 Å². The number of hydrogen-bond acceptors (Lipinski definition) is 5. The summed E-state index contributed by atoms with van der Waals surface area (Å²) < 4.78 is 25.2. The first-order valence-electron chi connectivity index (χ1n) is 5.15. The Labute approximate surface area is 115 Å². The Morgan fingerprint density at radius 3 is 2.63 bits per heavy atom. The monoisotopic (exact) mass is 303 g/mol. The quantitative estimate of drug-likeness (QED) is 0.468. The van der Waals surface area contributed by atoms with Gasteiger partial charge in [-0.15, -0.1) is 0 Å². The Morgan fingerprint density at radius 2 is 2.16 bits per heavy atom. The van der Waals surface area contributed by atoms with Crippen molar-refractivity contribution in [3.8, 4) is 6.07 Å². The number of nitro groups is 1. The Hall–Kier alpha value is -1.69. The molecule has 0 bridgehead atoms. The number of halogens is 1. The lowest BCUT2D eigenvalue weighted by atomic mass is 10.3. The summed E-state index contributed by atoms with van der Waals surface area (Å²) in [5.74, 6) is 0. The van der Waals surface area contributed by atoms with Crippen LogP contribution in [0, 0.1) is 21.4 Å². The van der Waals surface area contributed by atoms with Crippen molar-refractivity contribution < 1.29 is 13.3 Å². The van der Waals surface area contributed by atoms with Crippen molar-refractivity contribution in [1.82, 2.24) is 4.31 Å². The maximum atomic E-state index is 12.1. The minimum atomic E-state index is -3.94. The number of nitriles is 1. The summed E-state index contributed by atoms with van der Waals surface area (Å²) >= 11 is 5.61. The molecule has 0 fully saturated rings. The van der Waals surface area contributed by atoms with Crippen molar-refractivity contribution >= 4 is 27.3 Å². The number of nitrogens with zero attached hydrogens (tertiary/aromatic N) is 3. The van der Waals surface area contributed by atoms with Gasteiger partial charge in [0.05, 0.1) is 15.9 Å². The molecule has 0 aliphatic rings. The average Bonchev–Trinajstić information content (AvgIpc) is 2.35. The maximum Gasteiger partial charge on any atom is 0.289 e. The van der Waals surface area contributed by atoms with Crippen molar-refractivity contribution in [2.45, 2.75) is 11.8 Å². The lowest BCUT2D eigenvalue weighted by Gasteiger charge is -2.16. The molecular weight excluding hydrogens is 294 g/mol. The van der Waals surface area contributed by atoms with E-state index in [1.165, 1.54) is 6.07 Å². The second-order valence-corrected chi connectivity index (χ2v) is 5.80. The molecule has 102 valence electrons. The third kappa shape index (κ3) is 3.20. The van der Waals surface area contributed by atoms with E-state index in [0.29, 0.717) is 0 Å². The van der Waals surface area contributed by atoms with E-state index >= 15 is 0 Å². The normalized spacial score (nSPS) is 11.3.